The van der Waals surface area contributed by atoms with Crippen LogP contribution in [-0.4, -0.2) is 37.1 Å². The predicted molar refractivity (Wildman–Crippen MR) is 76.4 cm³/mol. The molecule has 1 N–H and O–H groups in total. The summed E-state index contributed by atoms with van der Waals surface area (Å²) in [5.74, 6) is 0. The highest BCUT2D eigenvalue weighted by Crippen LogP contribution is 2.33. The van der Waals surface area contributed by atoms with Gasteiger partial charge >= 0.3 is 0 Å². The van der Waals surface area contributed by atoms with Crippen molar-refractivity contribution in [3.8, 4) is 0 Å². The molecule has 1 fully saturated rings. The van der Waals surface area contributed by atoms with Gasteiger partial charge in [0, 0.05) is 18.1 Å². The number of hydrogen-bond donors (Lipinski definition) is 1. The van der Waals surface area contributed by atoms with Gasteiger partial charge in [-0.2, -0.15) is 0 Å². The maximum Gasteiger partial charge on any atom is 0.0271 e. The number of hydrogen-bond acceptors (Lipinski definition) is 2. The van der Waals surface area contributed by atoms with Gasteiger partial charge in [0.15, 0.2) is 0 Å². The number of nitrogens with one attached hydrogen (secondary N) is 1. The molecule has 102 valence electrons. The van der Waals surface area contributed by atoms with Gasteiger partial charge in [0.2, 0.25) is 0 Å². The van der Waals surface area contributed by atoms with Crippen LogP contribution in [0.3, 0.4) is 0 Å². The minimum atomic E-state index is 0.252. The second kappa shape index (κ2) is 5.71. The smallest absolute Gasteiger partial charge is 0.0271 e. The Bertz CT molecular complexity index is 231. The molecule has 1 atom stereocenters. The zero-order valence-electron chi connectivity index (χ0n) is 12.8. The molecule has 0 saturated heterocycles. The molecule has 0 aromatic rings. The van der Waals surface area contributed by atoms with E-state index in [9.17, 15) is 0 Å². The molecule has 0 radical (unpaired) electrons. The van der Waals surface area contributed by atoms with Crippen LogP contribution in [0.1, 0.15) is 59.8 Å². The van der Waals surface area contributed by atoms with Crippen LogP contribution < -0.4 is 5.32 Å². The van der Waals surface area contributed by atoms with Crippen LogP contribution in [-0.2, 0) is 0 Å². The zero-order valence-corrected chi connectivity index (χ0v) is 12.8. The highest BCUT2D eigenvalue weighted by Gasteiger charge is 2.26. The van der Waals surface area contributed by atoms with Gasteiger partial charge in [0.25, 0.3) is 0 Å². The summed E-state index contributed by atoms with van der Waals surface area (Å²) in [7, 11) is 4.33. The van der Waals surface area contributed by atoms with E-state index in [0.717, 1.165) is 12.6 Å². The largest absolute Gasteiger partial charge is 0.312 e. The Labute approximate surface area is 108 Å². The van der Waals surface area contributed by atoms with Gasteiger partial charge in [-0.15, -0.1) is 0 Å². The molecule has 2 heteroatoms. The third-order valence-corrected chi connectivity index (χ3v) is 4.61. The summed E-state index contributed by atoms with van der Waals surface area (Å²) in [4.78, 5) is 2.31. The summed E-state index contributed by atoms with van der Waals surface area (Å²) in [5.41, 5.74) is 0.815. The van der Waals surface area contributed by atoms with E-state index in [-0.39, 0.29) is 5.54 Å². The number of likely N-dealkylation sites (N-methyl/N-ethyl adjacent to an activating group) is 1. The quantitative estimate of drug-likeness (QED) is 0.759. The van der Waals surface area contributed by atoms with Crippen LogP contribution in [0.25, 0.3) is 0 Å². The van der Waals surface area contributed by atoms with Crippen molar-refractivity contribution in [2.45, 2.75) is 71.4 Å². The second-order valence-electron chi connectivity index (χ2n) is 7.38. The molecule has 0 aromatic heterocycles. The van der Waals surface area contributed by atoms with Gasteiger partial charge < -0.3 is 10.2 Å². The van der Waals surface area contributed by atoms with Gasteiger partial charge in [-0.25, -0.2) is 0 Å². The van der Waals surface area contributed by atoms with E-state index >= 15 is 0 Å². The van der Waals surface area contributed by atoms with Crippen LogP contribution in [0.5, 0.6) is 0 Å². The topological polar surface area (TPSA) is 15.3 Å². The van der Waals surface area contributed by atoms with Crippen molar-refractivity contribution in [1.29, 1.82) is 0 Å². The molecule has 0 amide bonds. The molecular weight excluding hydrogens is 208 g/mol. The fourth-order valence-electron chi connectivity index (χ4n) is 2.42. The number of rotatable bonds is 4. The summed E-state index contributed by atoms with van der Waals surface area (Å²) in [6.45, 7) is 10.5. The summed E-state index contributed by atoms with van der Waals surface area (Å²) in [5, 5.41) is 3.78. The van der Waals surface area contributed by atoms with Crippen LogP contribution in [0.15, 0.2) is 0 Å². The van der Waals surface area contributed by atoms with Gasteiger partial charge in [-0.1, -0.05) is 20.3 Å². The van der Waals surface area contributed by atoms with Crippen molar-refractivity contribution in [3.63, 3.8) is 0 Å². The lowest BCUT2D eigenvalue weighted by Gasteiger charge is -2.34. The normalized spacial score (nSPS) is 25.9. The second-order valence-corrected chi connectivity index (χ2v) is 7.38. The molecular formula is C15H32N2. The Morgan fingerprint density at radius 2 is 1.82 bits per heavy atom. The lowest BCUT2D eigenvalue weighted by Crippen LogP contribution is -2.49. The van der Waals surface area contributed by atoms with E-state index < -0.39 is 0 Å². The van der Waals surface area contributed by atoms with Gasteiger partial charge in [-0.05, 0) is 59.0 Å². The van der Waals surface area contributed by atoms with E-state index in [2.05, 4.69) is 52.0 Å². The maximum absolute atomic E-state index is 3.78. The third kappa shape index (κ3) is 4.97. The summed E-state index contributed by atoms with van der Waals surface area (Å²) >= 11 is 0. The summed E-state index contributed by atoms with van der Waals surface area (Å²) in [6, 6.07) is 0.732. The van der Waals surface area contributed by atoms with Gasteiger partial charge in [0.05, 0.1) is 0 Å². The lowest BCUT2D eigenvalue weighted by atomic mass is 9.85. The molecule has 1 unspecified atom stereocenters. The fraction of sp³-hybridized carbons (Fsp3) is 1.00. The Balaban J connectivity index is 2.38. The first kappa shape index (κ1) is 15.0. The van der Waals surface area contributed by atoms with Crippen molar-refractivity contribution in [2.75, 3.05) is 20.6 Å². The van der Waals surface area contributed by atoms with E-state index in [1.54, 1.807) is 0 Å². The Morgan fingerprint density at radius 3 is 2.41 bits per heavy atom. The van der Waals surface area contributed by atoms with Gasteiger partial charge in [0.1, 0.15) is 0 Å². The molecule has 2 nitrogen and oxygen atoms in total. The minimum Gasteiger partial charge on any atom is -0.312 e. The van der Waals surface area contributed by atoms with Crippen molar-refractivity contribution in [2.24, 2.45) is 5.41 Å². The van der Waals surface area contributed by atoms with E-state index in [0.29, 0.717) is 5.41 Å². The van der Waals surface area contributed by atoms with Crippen molar-refractivity contribution < 1.29 is 0 Å². The number of nitrogens with zero attached hydrogens (tertiary/aromatic N) is 1. The zero-order chi connectivity index (χ0) is 13.1. The molecule has 0 spiro atoms. The fourth-order valence-corrected chi connectivity index (χ4v) is 2.42. The van der Waals surface area contributed by atoms with Gasteiger partial charge in [-0.3, -0.25) is 0 Å². The Morgan fingerprint density at radius 1 is 1.18 bits per heavy atom. The molecule has 0 aliphatic heterocycles. The standard InChI is InChI=1S/C15H32N2/c1-14(2)10-7-8-13(9-11-14)16-12-15(3,4)17(5)6/h13,16H,7-12H2,1-6H3. The average Bonchev–Trinajstić information content (AvgIpc) is 2.36. The first-order chi connectivity index (χ1) is 7.73. The molecule has 1 aliphatic rings. The van der Waals surface area contributed by atoms with Crippen molar-refractivity contribution in [3.05, 3.63) is 0 Å². The van der Waals surface area contributed by atoms with Crippen LogP contribution >= 0.6 is 0 Å². The molecule has 0 heterocycles. The SMILES string of the molecule is CN(C)C(C)(C)CNC1CCCC(C)(C)CC1. The highest BCUT2D eigenvalue weighted by atomic mass is 15.2. The first-order valence-corrected chi connectivity index (χ1v) is 7.14. The molecule has 0 bridgehead atoms. The molecule has 0 aromatic carbocycles. The molecule has 1 rings (SSSR count). The van der Waals surface area contributed by atoms with Crippen molar-refractivity contribution >= 4 is 0 Å². The average molecular weight is 240 g/mol. The Kier molecular flexibility index (Phi) is 5.03. The molecule has 1 saturated carbocycles. The van der Waals surface area contributed by atoms with E-state index in [1.165, 1.54) is 32.1 Å². The van der Waals surface area contributed by atoms with E-state index in [1.807, 2.05) is 0 Å². The monoisotopic (exact) mass is 240 g/mol. The molecule has 1 aliphatic carbocycles. The molecule has 17 heavy (non-hydrogen) atoms. The van der Waals surface area contributed by atoms with Crippen LogP contribution in [0.2, 0.25) is 0 Å². The Hall–Kier alpha value is -0.0800. The first-order valence-electron chi connectivity index (χ1n) is 7.14. The minimum absolute atomic E-state index is 0.252. The van der Waals surface area contributed by atoms with Crippen LogP contribution in [0, 0.1) is 5.41 Å². The van der Waals surface area contributed by atoms with E-state index in [4.69, 9.17) is 0 Å². The predicted octanol–water partition coefficient (Wildman–Crippen LogP) is 3.28. The maximum atomic E-state index is 3.78. The lowest BCUT2D eigenvalue weighted by molar-refractivity contribution is 0.181. The summed E-state index contributed by atoms with van der Waals surface area (Å²) in [6.07, 6.45) is 6.84. The van der Waals surface area contributed by atoms with Crippen LogP contribution in [0.4, 0.5) is 0 Å². The highest BCUT2D eigenvalue weighted by molar-refractivity contribution is 4.84. The van der Waals surface area contributed by atoms with Crippen molar-refractivity contribution in [1.82, 2.24) is 10.2 Å². The third-order valence-electron chi connectivity index (χ3n) is 4.61. The summed E-state index contributed by atoms with van der Waals surface area (Å²) < 4.78 is 0.